The predicted molar refractivity (Wildman–Crippen MR) is 43.9 cm³/mol. The maximum atomic E-state index is 7.57. The highest BCUT2D eigenvalue weighted by atomic mass is 79.9. The molecule has 0 saturated heterocycles. The fourth-order valence-corrected chi connectivity index (χ4v) is 1.12. The SMILES string of the molecule is [2H]c1c([2H])c([2H])c2oc(Br)cc2c1[2H]. The summed E-state index contributed by atoms with van der Waals surface area (Å²) in [4.78, 5) is 0. The Labute approximate surface area is 72.4 Å². The lowest BCUT2D eigenvalue weighted by molar-refractivity contribution is 0.587. The van der Waals surface area contributed by atoms with Gasteiger partial charge in [-0.2, -0.15) is 0 Å². The molecule has 2 aromatic rings. The standard InChI is InChI=1S/C8H5BrO/c9-8-5-6-3-1-2-4-7(6)10-8/h1-5H/i1D,2D,3D,4D. The van der Waals surface area contributed by atoms with Gasteiger partial charge in [-0.15, -0.1) is 0 Å². The Morgan fingerprint density at radius 3 is 3.10 bits per heavy atom. The molecule has 1 nitrogen and oxygen atoms in total. The summed E-state index contributed by atoms with van der Waals surface area (Å²) in [6, 6.07) is 0.801. The van der Waals surface area contributed by atoms with Crippen LogP contribution in [0.25, 0.3) is 11.0 Å². The topological polar surface area (TPSA) is 13.1 Å². The van der Waals surface area contributed by atoms with Gasteiger partial charge >= 0.3 is 0 Å². The molecule has 0 aliphatic rings. The molecule has 0 amide bonds. The minimum absolute atomic E-state index is 0.0737. The van der Waals surface area contributed by atoms with Crippen molar-refractivity contribution in [1.29, 1.82) is 0 Å². The quantitative estimate of drug-likeness (QED) is 0.637. The molecule has 10 heavy (non-hydrogen) atoms. The summed E-state index contributed by atoms with van der Waals surface area (Å²) in [5.41, 5.74) is 0.183. The lowest BCUT2D eigenvalue weighted by Gasteiger charge is -1.81. The molecule has 0 N–H and O–H groups in total. The number of para-hydroxylation sites is 1. The average molecular weight is 201 g/mol. The van der Waals surface area contributed by atoms with E-state index in [2.05, 4.69) is 15.9 Å². The van der Waals surface area contributed by atoms with Crippen molar-refractivity contribution in [2.75, 3.05) is 0 Å². The highest BCUT2D eigenvalue weighted by Gasteiger charge is 1.96. The number of benzene rings is 1. The van der Waals surface area contributed by atoms with E-state index < -0.39 is 0 Å². The van der Waals surface area contributed by atoms with Gasteiger partial charge in [-0.3, -0.25) is 0 Å². The molecule has 0 aliphatic heterocycles. The summed E-state index contributed by atoms with van der Waals surface area (Å²) >= 11 is 3.09. The van der Waals surface area contributed by atoms with Crippen LogP contribution < -0.4 is 0 Å². The van der Waals surface area contributed by atoms with E-state index in [4.69, 9.17) is 9.90 Å². The first kappa shape index (κ1) is 3.09. The van der Waals surface area contributed by atoms with Crippen LogP contribution in [-0.4, -0.2) is 0 Å². The third-order valence-corrected chi connectivity index (χ3v) is 1.53. The van der Waals surface area contributed by atoms with Crippen molar-refractivity contribution in [3.63, 3.8) is 0 Å². The zero-order valence-corrected chi connectivity index (χ0v) is 6.45. The second kappa shape index (κ2) is 2.13. The van der Waals surface area contributed by atoms with Crippen molar-refractivity contribution in [2.45, 2.75) is 0 Å². The van der Waals surface area contributed by atoms with Gasteiger partial charge in [0.15, 0.2) is 4.67 Å². The molecule has 1 heterocycles. The molecular weight excluding hydrogens is 192 g/mol. The third kappa shape index (κ3) is 0.847. The summed E-state index contributed by atoms with van der Waals surface area (Å²) in [7, 11) is 0. The van der Waals surface area contributed by atoms with Crippen LogP contribution in [0.3, 0.4) is 0 Å². The van der Waals surface area contributed by atoms with Crippen LogP contribution in [0.1, 0.15) is 5.48 Å². The Kier molecular flexibility index (Phi) is 0.659. The van der Waals surface area contributed by atoms with Crippen molar-refractivity contribution in [1.82, 2.24) is 0 Å². The Bertz CT molecular complexity index is 475. The highest BCUT2D eigenvalue weighted by molar-refractivity contribution is 9.10. The zero-order valence-electron chi connectivity index (χ0n) is 8.86. The van der Waals surface area contributed by atoms with E-state index in [1.807, 2.05) is 0 Å². The molecule has 0 radical (unpaired) electrons. The molecule has 1 aromatic carbocycles. The van der Waals surface area contributed by atoms with Gasteiger partial charge in [0, 0.05) is 5.39 Å². The van der Waals surface area contributed by atoms with Crippen molar-refractivity contribution in [3.05, 3.63) is 34.9 Å². The Hall–Kier alpha value is -0.760. The van der Waals surface area contributed by atoms with E-state index in [1.165, 1.54) is 6.07 Å². The smallest absolute Gasteiger partial charge is 0.170 e. The fraction of sp³-hybridized carbons (Fsp3) is 0. The molecule has 2 rings (SSSR count). The molecule has 0 atom stereocenters. The van der Waals surface area contributed by atoms with Crippen molar-refractivity contribution in [3.8, 4) is 0 Å². The van der Waals surface area contributed by atoms with Crippen molar-refractivity contribution < 1.29 is 9.90 Å². The van der Waals surface area contributed by atoms with E-state index >= 15 is 0 Å². The van der Waals surface area contributed by atoms with Crippen LogP contribution in [-0.2, 0) is 0 Å². The summed E-state index contributed by atoms with van der Waals surface area (Å²) in [5, 5.41) is 0.392. The molecule has 0 bridgehead atoms. The number of furan rings is 1. The van der Waals surface area contributed by atoms with E-state index in [0.29, 0.717) is 10.1 Å². The second-order valence-corrected chi connectivity index (χ2v) is 2.57. The number of hydrogen-bond acceptors (Lipinski definition) is 1. The Morgan fingerprint density at radius 1 is 1.40 bits per heavy atom. The van der Waals surface area contributed by atoms with Crippen molar-refractivity contribution >= 4 is 26.9 Å². The van der Waals surface area contributed by atoms with Crippen LogP contribution in [0.4, 0.5) is 0 Å². The summed E-state index contributed by atoms with van der Waals surface area (Å²) in [6.07, 6.45) is 0. The number of rotatable bonds is 0. The lowest BCUT2D eigenvalue weighted by Crippen LogP contribution is -1.57. The van der Waals surface area contributed by atoms with Gasteiger partial charge in [0.2, 0.25) is 0 Å². The van der Waals surface area contributed by atoms with Crippen LogP contribution >= 0.6 is 15.9 Å². The van der Waals surface area contributed by atoms with E-state index in [9.17, 15) is 0 Å². The summed E-state index contributed by atoms with van der Waals surface area (Å²) < 4.78 is 35.5. The molecule has 0 fully saturated rings. The lowest BCUT2D eigenvalue weighted by atomic mass is 10.3. The minimum Gasteiger partial charge on any atom is -0.449 e. The molecule has 50 valence electrons. The monoisotopic (exact) mass is 200 g/mol. The molecular formula is C8H5BrO. The van der Waals surface area contributed by atoms with Crippen LogP contribution in [0.2, 0.25) is 0 Å². The molecule has 0 saturated carbocycles. The van der Waals surface area contributed by atoms with Crippen LogP contribution in [0.15, 0.2) is 39.3 Å². The first-order valence-electron chi connectivity index (χ1n) is 4.67. The second-order valence-electron chi connectivity index (χ2n) is 1.79. The highest BCUT2D eigenvalue weighted by Crippen LogP contribution is 2.22. The average Bonchev–Trinajstić information content (AvgIpc) is 2.54. The van der Waals surface area contributed by atoms with Gasteiger partial charge < -0.3 is 4.42 Å². The fourth-order valence-electron chi connectivity index (χ4n) is 0.733. The number of halogens is 1. The normalized spacial score (nSPS) is 16.1. The molecule has 1 aromatic heterocycles. The zero-order chi connectivity index (χ0) is 10.5. The third-order valence-electron chi connectivity index (χ3n) is 1.14. The first-order valence-corrected chi connectivity index (χ1v) is 3.47. The summed E-state index contributed by atoms with van der Waals surface area (Å²) in [6.45, 7) is 0. The van der Waals surface area contributed by atoms with Gasteiger partial charge in [-0.05, 0) is 28.0 Å². The molecule has 0 spiro atoms. The van der Waals surface area contributed by atoms with Gasteiger partial charge in [0.25, 0.3) is 0 Å². The van der Waals surface area contributed by atoms with Crippen LogP contribution in [0.5, 0.6) is 0 Å². The van der Waals surface area contributed by atoms with E-state index in [1.54, 1.807) is 0 Å². The summed E-state index contributed by atoms with van der Waals surface area (Å²) in [5.74, 6) is 0. The first-order chi connectivity index (χ1) is 6.52. The van der Waals surface area contributed by atoms with Gasteiger partial charge in [-0.25, -0.2) is 0 Å². The molecule has 0 unspecified atom stereocenters. The minimum atomic E-state index is -0.274. The Balaban J connectivity index is 3.01. The van der Waals surface area contributed by atoms with Crippen LogP contribution in [0, 0.1) is 0 Å². The number of fused-ring (bicyclic) bond motifs is 1. The van der Waals surface area contributed by atoms with E-state index in [0.717, 1.165) is 0 Å². The van der Waals surface area contributed by atoms with Gasteiger partial charge in [0.05, 0.1) is 5.48 Å². The van der Waals surface area contributed by atoms with Gasteiger partial charge in [-0.1, -0.05) is 18.1 Å². The van der Waals surface area contributed by atoms with Gasteiger partial charge in [0.1, 0.15) is 5.58 Å². The molecule has 0 aliphatic carbocycles. The number of hydrogen-bond donors (Lipinski definition) is 0. The Morgan fingerprint density at radius 2 is 2.20 bits per heavy atom. The van der Waals surface area contributed by atoms with E-state index in [-0.39, 0.29) is 29.8 Å². The largest absolute Gasteiger partial charge is 0.449 e. The molecule has 2 heteroatoms. The predicted octanol–water partition coefficient (Wildman–Crippen LogP) is 3.20. The maximum Gasteiger partial charge on any atom is 0.170 e. The van der Waals surface area contributed by atoms with Crippen molar-refractivity contribution in [2.24, 2.45) is 0 Å². The maximum absolute atomic E-state index is 7.57.